The van der Waals surface area contributed by atoms with Crippen LogP contribution in [0.3, 0.4) is 0 Å². The lowest BCUT2D eigenvalue weighted by atomic mass is 9.76. The Bertz CT molecular complexity index is 609. The highest BCUT2D eigenvalue weighted by molar-refractivity contribution is 5.87. The van der Waals surface area contributed by atoms with E-state index in [0.717, 1.165) is 5.56 Å². The van der Waals surface area contributed by atoms with E-state index in [4.69, 9.17) is 4.74 Å². The molecule has 5 heteroatoms. The van der Waals surface area contributed by atoms with E-state index < -0.39 is 11.1 Å². The minimum absolute atomic E-state index is 0.00705. The predicted molar refractivity (Wildman–Crippen MR) is 92.7 cm³/mol. The molecule has 1 amide bonds. The van der Waals surface area contributed by atoms with Crippen molar-refractivity contribution in [1.29, 1.82) is 0 Å². The van der Waals surface area contributed by atoms with Crippen LogP contribution in [0, 0.1) is 11.8 Å². The lowest BCUT2D eigenvalue weighted by molar-refractivity contribution is -0.178. The molecule has 5 nitrogen and oxygen atoms in total. The fraction of sp³-hybridized carbons (Fsp3) is 0.579. The van der Waals surface area contributed by atoms with E-state index in [2.05, 4.69) is 5.43 Å². The van der Waals surface area contributed by atoms with Crippen molar-refractivity contribution in [2.45, 2.75) is 59.2 Å². The van der Waals surface area contributed by atoms with Gasteiger partial charge < -0.3 is 4.74 Å². The van der Waals surface area contributed by atoms with Crippen molar-refractivity contribution >= 4 is 11.9 Å². The average Bonchev–Trinajstić information content (AvgIpc) is 2.50. The number of hydrogen-bond acceptors (Lipinski definition) is 4. The van der Waals surface area contributed by atoms with Crippen LogP contribution in [-0.2, 0) is 20.9 Å². The van der Waals surface area contributed by atoms with Crippen molar-refractivity contribution in [3.05, 3.63) is 35.9 Å². The zero-order valence-electron chi connectivity index (χ0n) is 15.4. The molecule has 0 unspecified atom stereocenters. The topological polar surface area (TPSA) is 58.6 Å². The summed E-state index contributed by atoms with van der Waals surface area (Å²) in [4.78, 5) is 25.4. The van der Waals surface area contributed by atoms with E-state index in [9.17, 15) is 9.59 Å². The molecule has 0 aromatic heterocycles. The number of carbonyl (C=O) groups excluding carboxylic acids is 2. The standard InChI is InChI=1S/C19H28N2O3/c1-13-14(2)19(6,17(23)24-18(3,4)5)20-21(16(13)22)12-15-10-8-7-9-11-15/h7-11,13-14,20H,12H2,1-6H3/t13-,14-,19+/m1/s1. The van der Waals surface area contributed by atoms with E-state index in [-0.39, 0.29) is 23.7 Å². The van der Waals surface area contributed by atoms with Crippen LogP contribution in [0.5, 0.6) is 0 Å². The molecule has 1 saturated heterocycles. The first-order valence-electron chi connectivity index (χ1n) is 8.41. The third-order valence-corrected chi connectivity index (χ3v) is 4.69. The van der Waals surface area contributed by atoms with E-state index in [1.807, 2.05) is 71.9 Å². The lowest BCUT2D eigenvalue weighted by Gasteiger charge is -2.47. The first-order valence-corrected chi connectivity index (χ1v) is 8.41. The van der Waals surface area contributed by atoms with Crippen LogP contribution in [-0.4, -0.2) is 28.0 Å². The molecule has 1 aliphatic rings. The average molecular weight is 332 g/mol. The molecule has 2 rings (SSSR count). The molecular formula is C19H28N2O3. The van der Waals surface area contributed by atoms with Crippen LogP contribution in [0.25, 0.3) is 0 Å². The van der Waals surface area contributed by atoms with E-state index in [0.29, 0.717) is 6.54 Å². The van der Waals surface area contributed by atoms with Crippen LogP contribution >= 0.6 is 0 Å². The number of amides is 1. The fourth-order valence-electron chi connectivity index (χ4n) is 2.90. The van der Waals surface area contributed by atoms with E-state index >= 15 is 0 Å². The maximum atomic E-state index is 12.8. The van der Waals surface area contributed by atoms with Gasteiger partial charge in [0, 0.05) is 5.92 Å². The number of rotatable bonds is 3. The second-order valence-electron chi connectivity index (χ2n) is 7.80. The normalized spacial score (nSPS) is 27.9. The molecule has 1 aliphatic heterocycles. The molecule has 24 heavy (non-hydrogen) atoms. The third-order valence-electron chi connectivity index (χ3n) is 4.69. The van der Waals surface area contributed by atoms with Gasteiger partial charge in [-0.3, -0.25) is 9.80 Å². The number of esters is 1. The fourth-order valence-corrected chi connectivity index (χ4v) is 2.90. The van der Waals surface area contributed by atoms with Gasteiger partial charge in [0.2, 0.25) is 5.91 Å². The SMILES string of the molecule is C[C@@H]1[C@@H](C)C(=O)N(Cc2ccccc2)N[C@]1(C)C(=O)OC(C)(C)C. The Morgan fingerprint density at radius 3 is 2.38 bits per heavy atom. The summed E-state index contributed by atoms with van der Waals surface area (Å²) in [5.41, 5.74) is 2.62. The van der Waals surface area contributed by atoms with Crippen molar-refractivity contribution in [1.82, 2.24) is 10.4 Å². The monoisotopic (exact) mass is 332 g/mol. The highest BCUT2D eigenvalue weighted by atomic mass is 16.6. The summed E-state index contributed by atoms with van der Waals surface area (Å²) in [6.07, 6.45) is 0. The Kier molecular flexibility index (Phi) is 5.04. The van der Waals surface area contributed by atoms with Gasteiger partial charge in [-0.05, 0) is 39.2 Å². The first-order chi connectivity index (χ1) is 11.0. The van der Waals surface area contributed by atoms with Crippen molar-refractivity contribution in [2.24, 2.45) is 11.8 Å². The van der Waals surface area contributed by atoms with Crippen LogP contribution in [0.2, 0.25) is 0 Å². The minimum atomic E-state index is -0.949. The molecular weight excluding hydrogens is 304 g/mol. The number of benzene rings is 1. The van der Waals surface area contributed by atoms with Gasteiger partial charge in [-0.15, -0.1) is 0 Å². The molecule has 1 heterocycles. The second-order valence-corrected chi connectivity index (χ2v) is 7.80. The number of carbonyl (C=O) groups is 2. The Balaban J connectivity index is 2.25. The molecule has 0 aliphatic carbocycles. The predicted octanol–water partition coefficient (Wildman–Crippen LogP) is 2.91. The van der Waals surface area contributed by atoms with E-state index in [1.165, 1.54) is 0 Å². The number of nitrogens with one attached hydrogen (secondary N) is 1. The zero-order valence-corrected chi connectivity index (χ0v) is 15.4. The Labute approximate surface area is 144 Å². The number of hydrazine groups is 1. The van der Waals surface area contributed by atoms with Gasteiger partial charge in [0.15, 0.2) is 0 Å². The van der Waals surface area contributed by atoms with Crippen molar-refractivity contribution in [3.8, 4) is 0 Å². The molecule has 0 saturated carbocycles. The van der Waals surface area contributed by atoms with Gasteiger partial charge in [0.05, 0.1) is 6.54 Å². The molecule has 3 atom stereocenters. The highest BCUT2D eigenvalue weighted by Gasteiger charge is 2.51. The Morgan fingerprint density at radius 2 is 1.83 bits per heavy atom. The van der Waals surface area contributed by atoms with Gasteiger partial charge in [0.1, 0.15) is 11.1 Å². The highest BCUT2D eigenvalue weighted by Crippen LogP contribution is 2.33. The third kappa shape index (κ3) is 3.78. The quantitative estimate of drug-likeness (QED) is 0.865. The maximum absolute atomic E-state index is 12.8. The van der Waals surface area contributed by atoms with Crippen LogP contribution in [0.1, 0.15) is 47.1 Å². The minimum Gasteiger partial charge on any atom is -0.459 e. The summed E-state index contributed by atoms with van der Waals surface area (Å²) < 4.78 is 5.59. The van der Waals surface area contributed by atoms with Gasteiger partial charge in [-0.1, -0.05) is 44.2 Å². The van der Waals surface area contributed by atoms with Crippen LogP contribution in [0.4, 0.5) is 0 Å². The Hall–Kier alpha value is -1.88. The number of ether oxygens (including phenoxy) is 1. The maximum Gasteiger partial charge on any atom is 0.328 e. The first kappa shape index (κ1) is 18.5. The van der Waals surface area contributed by atoms with Crippen molar-refractivity contribution in [3.63, 3.8) is 0 Å². The largest absolute Gasteiger partial charge is 0.459 e. The molecule has 1 fully saturated rings. The summed E-state index contributed by atoms with van der Waals surface area (Å²) in [5.74, 6) is -0.786. The molecule has 0 bridgehead atoms. The molecule has 1 aromatic carbocycles. The molecule has 0 radical (unpaired) electrons. The molecule has 132 valence electrons. The van der Waals surface area contributed by atoms with E-state index in [1.54, 1.807) is 5.01 Å². The van der Waals surface area contributed by atoms with Crippen LogP contribution < -0.4 is 5.43 Å². The number of hydrogen-bond donors (Lipinski definition) is 1. The van der Waals surface area contributed by atoms with Crippen LogP contribution in [0.15, 0.2) is 30.3 Å². The van der Waals surface area contributed by atoms with Crippen molar-refractivity contribution in [2.75, 3.05) is 0 Å². The summed E-state index contributed by atoms with van der Waals surface area (Å²) in [7, 11) is 0. The molecule has 0 spiro atoms. The zero-order chi connectivity index (χ0) is 18.1. The van der Waals surface area contributed by atoms with Gasteiger partial charge in [0.25, 0.3) is 0 Å². The number of nitrogens with zero attached hydrogens (tertiary/aromatic N) is 1. The second kappa shape index (κ2) is 6.55. The Morgan fingerprint density at radius 1 is 1.25 bits per heavy atom. The van der Waals surface area contributed by atoms with Gasteiger partial charge >= 0.3 is 5.97 Å². The lowest BCUT2D eigenvalue weighted by Crippen LogP contribution is -2.69. The molecule has 1 aromatic rings. The van der Waals surface area contributed by atoms with Crippen molar-refractivity contribution < 1.29 is 14.3 Å². The summed E-state index contributed by atoms with van der Waals surface area (Å²) in [5, 5.41) is 1.55. The van der Waals surface area contributed by atoms with Gasteiger partial charge in [-0.2, -0.15) is 0 Å². The summed E-state index contributed by atoms with van der Waals surface area (Å²) >= 11 is 0. The summed E-state index contributed by atoms with van der Waals surface area (Å²) in [6, 6.07) is 9.72. The summed E-state index contributed by atoms with van der Waals surface area (Å²) in [6.45, 7) is 11.5. The van der Waals surface area contributed by atoms with Gasteiger partial charge in [-0.25, -0.2) is 10.2 Å². The molecule has 1 N–H and O–H groups in total. The smallest absolute Gasteiger partial charge is 0.328 e.